The Labute approximate surface area is 115 Å². The number of hydrogen-bond acceptors (Lipinski definition) is 1. The van der Waals surface area contributed by atoms with Crippen molar-refractivity contribution in [3.8, 4) is 16.9 Å². The van der Waals surface area contributed by atoms with E-state index >= 15 is 0 Å². The van der Waals surface area contributed by atoms with Crippen molar-refractivity contribution in [2.45, 2.75) is 25.9 Å². The first-order valence-corrected chi connectivity index (χ1v) is 6.29. The van der Waals surface area contributed by atoms with Gasteiger partial charge in [0, 0.05) is 0 Å². The lowest BCUT2D eigenvalue weighted by molar-refractivity contribution is -0.138. The van der Waals surface area contributed by atoms with Crippen molar-refractivity contribution in [2.24, 2.45) is 0 Å². The Morgan fingerprint density at radius 1 is 0.950 bits per heavy atom. The molecule has 0 heterocycles. The third-order valence-corrected chi connectivity index (χ3v) is 3.19. The van der Waals surface area contributed by atoms with Crippen LogP contribution >= 0.6 is 0 Å². The van der Waals surface area contributed by atoms with Crippen LogP contribution in [0.1, 0.15) is 30.9 Å². The van der Waals surface area contributed by atoms with Gasteiger partial charge >= 0.3 is 6.18 Å². The zero-order chi connectivity index (χ0) is 14.9. The maximum absolute atomic E-state index is 12.8. The van der Waals surface area contributed by atoms with Gasteiger partial charge in [-0.3, -0.25) is 0 Å². The standard InChI is InChI=1S/C16H15F3O/c1-10(2)11-4-3-5-12(8-11)13-6-7-15(20)14(9-13)16(17,18)19/h3-10,20H,1-2H3. The number of phenols is 1. The van der Waals surface area contributed by atoms with Crippen molar-refractivity contribution < 1.29 is 18.3 Å². The van der Waals surface area contributed by atoms with Crippen LogP contribution in [0.15, 0.2) is 42.5 Å². The van der Waals surface area contributed by atoms with Crippen molar-refractivity contribution in [1.82, 2.24) is 0 Å². The average Bonchev–Trinajstić information content (AvgIpc) is 2.38. The van der Waals surface area contributed by atoms with E-state index in [4.69, 9.17) is 0 Å². The van der Waals surface area contributed by atoms with Gasteiger partial charge in [0.2, 0.25) is 0 Å². The molecule has 0 fully saturated rings. The average molecular weight is 280 g/mol. The molecule has 0 unspecified atom stereocenters. The molecule has 0 bridgehead atoms. The van der Waals surface area contributed by atoms with Crippen molar-refractivity contribution >= 4 is 0 Å². The molecule has 0 saturated carbocycles. The number of benzene rings is 2. The van der Waals surface area contributed by atoms with Crippen LogP contribution in [0.3, 0.4) is 0 Å². The molecule has 2 aromatic carbocycles. The second-order valence-electron chi connectivity index (χ2n) is 5.01. The van der Waals surface area contributed by atoms with Crippen LogP contribution in [-0.2, 0) is 6.18 Å². The lowest BCUT2D eigenvalue weighted by Gasteiger charge is -2.12. The summed E-state index contributed by atoms with van der Waals surface area (Å²) in [5, 5.41) is 9.34. The van der Waals surface area contributed by atoms with Crippen LogP contribution in [0, 0.1) is 0 Å². The van der Waals surface area contributed by atoms with Crippen LogP contribution in [0.4, 0.5) is 13.2 Å². The first-order valence-electron chi connectivity index (χ1n) is 6.29. The molecule has 0 amide bonds. The Morgan fingerprint density at radius 3 is 2.20 bits per heavy atom. The molecule has 0 atom stereocenters. The van der Waals surface area contributed by atoms with Crippen LogP contribution in [0.25, 0.3) is 11.1 Å². The second-order valence-corrected chi connectivity index (χ2v) is 5.01. The lowest BCUT2D eigenvalue weighted by Crippen LogP contribution is -2.05. The molecule has 1 nitrogen and oxygen atoms in total. The minimum Gasteiger partial charge on any atom is -0.507 e. The minimum atomic E-state index is -4.56. The number of rotatable bonds is 2. The fraction of sp³-hybridized carbons (Fsp3) is 0.250. The molecule has 0 aliphatic heterocycles. The Balaban J connectivity index is 2.51. The molecule has 2 aromatic rings. The molecule has 0 aliphatic carbocycles. The molecule has 0 saturated heterocycles. The van der Waals surface area contributed by atoms with E-state index < -0.39 is 17.5 Å². The highest BCUT2D eigenvalue weighted by Crippen LogP contribution is 2.38. The minimum absolute atomic E-state index is 0.300. The van der Waals surface area contributed by atoms with Crippen LogP contribution in [0.2, 0.25) is 0 Å². The number of alkyl halides is 3. The van der Waals surface area contributed by atoms with E-state index in [0.717, 1.165) is 17.7 Å². The van der Waals surface area contributed by atoms with Gasteiger partial charge in [-0.1, -0.05) is 44.2 Å². The Morgan fingerprint density at radius 2 is 1.60 bits per heavy atom. The van der Waals surface area contributed by atoms with Gasteiger partial charge in [-0.2, -0.15) is 13.2 Å². The van der Waals surface area contributed by atoms with Gasteiger partial charge in [0.05, 0.1) is 5.56 Å². The maximum atomic E-state index is 12.8. The summed E-state index contributed by atoms with van der Waals surface area (Å²) in [6, 6.07) is 11.0. The number of hydrogen-bond donors (Lipinski definition) is 1. The molecular weight excluding hydrogens is 265 g/mol. The summed E-state index contributed by atoms with van der Waals surface area (Å²) in [5.41, 5.74) is 1.20. The highest BCUT2D eigenvalue weighted by molar-refractivity contribution is 5.66. The highest BCUT2D eigenvalue weighted by Gasteiger charge is 2.34. The fourth-order valence-electron chi connectivity index (χ4n) is 2.02. The normalized spacial score (nSPS) is 11.9. The highest BCUT2D eigenvalue weighted by atomic mass is 19.4. The smallest absolute Gasteiger partial charge is 0.419 e. The molecule has 0 spiro atoms. The van der Waals surface area contributed by atoms with Gasteiger partial charge < -0.3 is 5.11 Å². The van der Waals surface area contributed by atoms with Crippen LogP contribution < -0.4 is 0 Å². The SMILES string of the molecule is CC(C)c1cccc(-c2ccc(O)c(C(F)(F)F)c2)c1. The van der Waals surface area contributed by atoms with Gasteiger partial charge in [-0.05, 0) is 34.7 Å². The van der Waals surface area contributed by atoms with Gasteiger partial charge in [0.1, 0.15) is 5.75 Å². The van der Waals surface area contributed by atoms with Crippen molar-refractivity contribution in [1.29, 1.82) is 0 Å². The van der Waals surface area contributed by atoms with E-state index in [9.17, 15) is 18.3 Å². The second kappa shape index (κ2) is 5.19. The largest absolute Gasteiger partial charge is 0.507 e. The lowest BCUT2D eigenvalue weighted by atomic mass is 9.96. The third-order valence-electron chi connectivity index (χ3n) is 3.19. The van der Waals surface area contributed by atoms with Crippen molar-refractivity contribution in [3.63, 3.8) is 0 Å². The third kappa shape index (κ3) is 2.95. The zero-order valence-corrected chi connectivity index (χ0v) is 11.2. The molecule has 4 heteroatoms. The summed E-state index contributed by atoms with van der Waals surface area (Å²) in [7, 11) is 0. The van der Waals surface area contributed by atoms with Gasteiger partial charge in [-0.25, -0.2) is 0 Å². The molecule has 20 heavy (non-hydrogen) atoms. The fourth-order valence-corrected chi connectivity index (χ4v) is 2.02. The molecule has 1 N–H and O–H groups in total. The van der Waals surface area contributed by atoms with E-state index in [1.807, 2.05) is 32.0 Å². The van der Waals surface area contributed by atoms with E-state index in [2.05, 4.69) is 0 Å². The number of aromatic hydroxyl groups is 1. The predicted octanol–water partition coefficient (Wildman–Crippen LogP) is 5.20. The Bertz CT molecular complexity index is 615. The summed E-state index contributed by atoms with van der Waals surface area (Å²) >= 11 is 0. The summed E-state index contributed by atoms with van der Waals surface area (Å²) in [6.07, 6.45) is -4.56. The Hall–Kier alpha value is -1.97. The van der Waals surface area contributed by atoms with E-state index in [-0.39, 0.29) is 0 Å². The first-order chi connectivity index (χ1) is 9.29. The number of phenolic OH excluding ortho intramolecular Hbond substituents is 1. The molecule has 0 aromatic heterocycles. The summed E-state index contributed by atoms with van der Waals surface area (Å²) < 4.78 is 38.4. The van der Waals surface area contributed by atoms with E-state index in [1.165, 1.54) is 6.07 Å². The van der Waals surface area contributed by atoms with Crippen molar-refractivity contribution in [3.05, 3.63) is 53.6 Å². The monoisotopic (exact) mass is 280 g/mol. The first kappa shape index (κ1) is 14.4. The van der Waals surface area contributed by atoms with E-state index in [1.54, 1.807) is 6.07 Å². The Kier molecular flexibility index (Phi) is 3.75. The molecular formula is C16H15F3O. The summed E-state index contributed by atoms with van der Waals surface area (Å²) in [4.78, 5) is 0. The van der Waals surface area contributed by atoms with Gasteiger partial charge in [-0.15, -0.1) is 0 Å². The molecule has 2 rings (SSSR count). The maximum Gasteiger partial charge on any atom is 0.419 e. The zero-order valence-electron chi connectivity index (χ0n) is 11.2. The van der Waals surface area contributed by atoms with E-state index in [0.29, 0.717) is 17.0 Å². The quantitative estimate of drug-likeness (QED) is 0.801. The summed E-state index contributed by atoms with van der Waals surface area (Å²) in [6.45, 7) is 4.05. The van der Waals surface area contributed by atoms with Crippen LogP contribution in [-0.4, -0.2) is 5.11 Å². The summed E-state index contributed by atoms with van der Waals surface area (Å²) in [5.74, 6) is -0.449. The van der Waals surface area contributed by atoms with Gasteiger partial charge in [0.25, 0.3) is 0 Å². The van der Waals surface area contributed by atoms with Crippen molar-refractivity contribution in [2.75, 3.05) is 0 Å². The molecule has 106 valence electrons. The predicted molar refractivity (Wildman–Crippen MR) is 72.6 cm³/mol. The molecule has 0 radical (unpaired) electrons. The number of halogens is 3. The topological polar surface area (TPSA) is 20.2 Å². The van der Waals surface area contributed by atoms with Gasteiger partial charge in [0.15, 0.2) is 0 Å². The van der Waals surface area contributed by atoms with Crippen LogP contribution in [0.5, 0.6) is 5.75 Å². The molecule has 0 aliphatic rings.